The van der Waals surface area contributed by atoms with Crippen molar-refractivity contribution in [1.82, 2.24) is 0 Å². The third-order valence-electron chi connectivity index (χ3n) is 2.45. The van der Waals surface area contributed by atoms with Crippen LogP contribution in [0.4, 0.5) is 22.0 Å². The Morgan fingerprint density at radius 2 is 1.53 bits per heavy atom. The first-order chi connectivity index (χ1) is 6.93. The molecule has 1 aliphatic rings. The van der Waals surface area contributed by atoms with Crippen molar-refractivity contribution in [2.24, 2.45) is 5.92 Å². The minimum Gasteiger partial charge on any atom is -0.402 e. The summed E-state index contributed by atoms with van der Waals surface area (Å²) < 4.78 is 64.9. The number of hydrogen-bond donors (Lipinski definition) is 0. The van der Waals surface area contributed by atoms with E-state index in [2.05, 4.69) is 4.74 Å². The topological polar surface area (TPSA) is 9.23 Å². The molecule has 0 N–H and O–H groups in total. The van der Waals surface area contributed by atoms with E-state index in [-0.39, 0.29) is 12.8 Å². The molecule has 1 aliphatic carbocycles. The second kappa shape index (κ2) is 4.81. The van der Waals surface area contributed by atoms with Crippen molar-refractivity contribution in [2.75, 3.05) is 0 Å². The molecule has 15 heavy (non-hydrogen) atoms. The summed E-state index contributed by atoms with van der Waals surface area (Å²) in [6, 6.07) is -2.48. The van der Waals surface area contributed by atoms with Crippen molar-refractivity contribution in [1.29, 1.82) is 0 Å². The number of rotatable bonds is 3. The van der Waals surface area contributed by atoms with Gasteiger partial charge in [-0.05, 0) is 12.8 Å². The molecular formula is C9H11F5O. The fourth-order valence-electron chi connectivity index (χ4n) is 1.68. The Morgan fingerprint density at radius 1 is 1.00 bits per heavy atom. The lowest BCUT2D eigenvalue weighted by atomic mass is 9.88. The minimum atomic E-state index is -3.84. The summed E-state index contributed by atoms with van der Waals surface area (Å²) in [6.45, 7) is 0. The van der Waals surface area contributed by atoms with Gasteiger partial charge in [0.2, 0.25) is 0 Å². The van der Waals surface area contributed by atoms with E-state index in [1.165, 1.54) is 0 Å². The Labute approximate surface area is 83.9 Å². The molecule has 0 saturated heterocycles. The van der Waals surface area contributed by atoms with Gasteiger partial charge < -0.3 is 4.74 Å². The Balaban J connectivity index is 2.60. The van der Waals surface area contributed by atoms with E-state index in [1.807, 2.05) is 0 Å². The predicted molar refractivity (Wildman–Crippen MR) is 43.0 cm³/mol. The summed E-state index contributed by atoms with van der Waals surface area (Å²) in [7, 11) is 0. The number of ether oxygens (including phenoxy) is 1. The quantitative estimate of drug-likeness (QED) is 0.521. The molecule has 0 bridgehead atoms. The van der Waals surface area contributed by atoms with E-state index >= 15 is 0 Å². The molecule has 1 saturated carbocycles. The summed E-state index contributed by atoms with van der Waals surface area (Å²) >= 11 is 0. The summed E-state index contributed by atoms with van der Waals surface area (Å²) in [4.78, 5) is 0. The van der Waals surface area contributed by atoms with Crippen LogP contribution in [-0.4, -0.2) is 6.11 Å². The molecule has 1 fully saturated rings. The van der Waals surface area contributed by atoms with Crippen LogP contribution in [0.15, 0.2) is 12.1 Å². The first-order valence-electron chi connectivity index (χ1n) is 4.71. The summed E-state index contributed by atoms with van der Waals surface area (Å²) in [5.74, 6) is -1.17. The molecule has 88 valence electrons. The monoisotopic (exact) mass is 230 g/mol. The van der Waals surface area contributed by atoms with Gasteiger partial charge in [-0.15, -0.1) is 0 Å². The van der Waals surface area contributed by atoms with Gasteiger partial charge in [0.1, 0.15) is 0 Å². The average molecular weight is 230 g/mol. The number of halogens is 5. The van der Waals surface area contributed by atoms with E-state index in [1.54, 1.807) is 0 Å². The molecule has 0 amide bonds. The minimum absolute atomic E-state index is 0.175. The highest BCUT2D eigenvalue weighted by Gasteiger charge is 2.43. The van der Waals surface area contributed by atoms with Gasteiger partial charge in [-0.2, -0.15) is 22.0 Å². The van der Waals surface area contributed by atoms with Gasteiger partial charge in [0.05, 0.1) is 5.92 Å². The van der Waals surface area contributed by atoms with Crippen molar-refractivity contribution in [3.63, 3.8) is 0 Å². The zero-order chi connectivity index (χ0) is 11.5. The van der Waals surface area contributed by atoms with Gasteiger partial charge in [-0.3, -0.25) is 0 Å². The van der Waals surface area contributed by atoms with Crippen LogP contribution in [0.5, 0.6) is 0 Å². The van der Waals surface area contributed by atoms with Gasteiger partial charge in [-0.25, -0.2) is 0 Å². The van der Waals surface area contributed by atoms with E-state index in [9.17, 15) is 22.0 Å². The Hall–Kier alpha value is -0.810. The smallest absolute Gasteiger partial charge is 0.402 e. The van der Waals surface area contributed by atoms with Crippen molar-refractivity contribution >= 4 is 0 Å². The number of alkyl halides is 2. The summed E-state index contributed by atoms with van der Waals surface area (Å²) in [5.41, 5.74) is 0. The first-order valence-corrected chi connectivity index (χ1v) is 4.71. The van der Waals surface area contributed by atoms with E-state index in [4.69, 9.17) is 0 Å². The lowest BCUT2D eigenvalue weighted by Gasteiger charge is -2.28. The molecule has 1 rings (SSSR count). The molecule has 0 spiro atoms. The third kappa shape index (κ3) is 3.35. The van der Waals surface area contributed by atoms with Crippen LogP contribution in [0.2, 0.25) is 0 Å². The molecule has 0 aromatic rings. The lowest BCUT2D eigenvalue weighted by molar-refractivity contribution is -0.267. The van der Waals surface area contributed by atoms with Crippen molar-refractivity contribution in [3.05, 3.63) is 12.1 Å². The molecular weight excluding hydrogens is 219 g/mol. The van der Waals surface area contributed by atoms with E-state index in [0.717, 1.165) is 6.42 Å². The van der Waals surface area contributed by atoms with Crippen LogP contribution in [0, 0.1) is 5.92 Å². The maximum absolute atomic E-state index is 13.1. The van der Waals surface area contributed by atoms with Crippen LogP contribution in [0.3, 0.4) is 0 Å². The SMILES string of the molecule is FC(F)=C(F)OC(F)(F)C1CCCCC1. The third-order valence-corrected chi connectivity index (χ3v) is 2.45. The van der Waals surface area contributed by atoms with Gasteiger partial charge in [0, 0.05) is 0 Å². The lowest BCUT2D eigenvalue weighted by Crippen LogP contribution is -2.32. The summed E-state index contributed by atoms with van der Waals surface area (Å²) in [5, 5.41) is 0. The molecule has 0 radical (unpaired) electrons. The van der Waals surface area contributed by atoms with Gasteiger partial charge >= 0.3 is 18.2 Å². The molecule has 1 nitrogen and oxygen atoms in total. The van der Waals surface area contributed by atoms with Crippen LogP contribution in [0.25, 0.3) is 0 Å². The second-order valence-corrected chi connectivity index (χ2v) is 3.53. The summed E-state index contributed by atoms with van der Waals surface area (Å²) in [6.07, 6.45) is -4.33. The molecule has 0 aromatic heterocycles. The van der Waals surface area contributed by atoms with Crippen LogP contribution in [0.1, 0.15) is 32.1 Å². The highest BCUT2D eigenvalue weighted by molar-refractivity contribution is 4.84. The second-order valence-electron chi connectivity index (χ2n) is 3.53. The molecule has 6 heteroatoms. The van der Waals surface area contributed by atoms with Gasteiger partial charge in [0.25, 0.3) is 0 Å². The highest BCUT2D eigenvalue weighted by atomic mass is 19.3. The van der Waals surface area contributed by atoms with E-state index < -0.39 is 24.1 Å². The average Bonchev–Trinajstić information content (AvgIpc) is 2.18. The van der Waals surface area contributed by atoms with Crippen molar-refractivity contribution < 1.29 is 26.7 Å². The van der Waals surface area contributed by atoms with Crippen LogP contribution >= 0.6 is 0 Å². The van der Waals surface area contributed by atoms with Crippen molar-refractivity contribution in [2.45, 2.75) is 38.2 Å². The van der Waals surface area contributed by atoms with Crippen LogP contribution in [-0.2, 0) is 4.74 Å². The Bertz CT molecular complexity index is 241. The maximum Gasteiger partial charge on any atom is 0.402 e. The first kappa shape index (κ1) is 12.3. The fraction of sp³-hybridized carbons (Fsp3) is 0.778. The molecule has 0 unspecified atom stereocenters. The zero-order valence-electron chi connectivity index (χ0n) is 7.91. The fourth-order valence-corrected chi connectivity index (χ4v) is 1.68. The van der Waals surface area contributed by atoms with Gasteiger partial charge in [-0.1, -0.05) is 19.3 Å². The molecule has 0 aliphatic heterocycles. The standard InChI is InChI=1S/C9H11F5O/c10-7(11)8(12)15-9(13,14)6-4-2-1-3-5-6/h6H,1-5H2. The van der Waals surface area contributed by atoms with Gasteiger partial charge in [0.15, 0.2) is 0 Å². The highest BCUT2D eigenvalue weighted by Crippen LogP contribution is 2.39. The number of hydrogen-bond acceptors (Lipinski definition) is 1. The Kier molecular flexibility index (Phi) is 3.93. The molecule has 0 atom stereocenters. The van der Waals surface area contributed by atoms with Crippen molar-refractivity contribution in [3.8, 4) is 0 Å². The Morgan fingerprint density at radius 3 is 2.00 bits per heavy atom. The normalized spacial score (nSPS) is 18.7. The largest absolute Gasteiger partial charge is 0.402 e. The predicted octanol–water partition coefficient (Wildman–Crippen LogP) is 4.21. The van der Waals surface area contributed by atoms with Crippen LogP contribution < -0.4 is 0 Å². The van der Waals surface area contributed by atoms with E-state index in [0.29, 0.717) is 12.8 Å². The zero-order valence-corrected chi connectivity index (χ0v) is 7.91. The maximum atomic E-state index is 13.1. The molecule has 0 heterocycles. The molecule has 0 aromatic carbocycles.